The summed E-state index contributed by atoms with van der Waals surface area (Å²) in [6.07, 6.45) is 4.02. The number of carboxylic acids is 1. The normalized spacial score (nSPS) is 16.2. The Labute approximate surface area is 163 Å². The van der Waals surface area contributed by atoms with E-state index in [1.807, 2.05) is 6.92 Å². The third kappa shape index (κ3) is 4.87. The summed E-state index contributed by atoms with van der Waals surface area (Å²) >= 11 is 0. The number of carboxylic acid groups (broad SMARTS) is 1. The first-order valence-corrected chi connectivity index (χ1v) is 7.88. The predicted octanol–water partition coefficient (Wildman–Crippen LogP) is 3.20. The van der Waals surface area contributed by atoms with Crippen LogP contribution in [0, 0.1) is 12.7 Å². The van der Waals surface area contributed by atoms with E-state index in [1.54, 1.807) is 18.5 Å². The van der Waals surface area contributed by atoms with Gasteiger partial charge < -0.3 is 14.8 Å². The van der Waals surface area contributed by atoms with Gasteiger partial charge in [0.05, 0.1) is 6.54 Å². The van der Waals surface area contributed by atoms with E-state index >= 15 is 0 Å². The topological polar surface area (TPSA) is 78.5 Å². The Hall–Kier alpha value is -1.83. The highest BCUT2D eigenvalue weighted by Crippen LogP contribution is 2.31. The second kappa shape index (κ2) is 9.21. The number of H-pyrrole nitrogens is 1. The highest BCUT2D eigenvalue weighted by molar-refractivity contribution is 5.85. The maximum atomic E-state index is 13.9. The molecule has 6 nitrogen and oxygen atoms in total. The molecule has 2 aromatic rings. The molecular weight excluding hydrogens is 384 g/mol. The minimum Gasteiger partial charge on any atom is -0.478 e. The van der Waals surface area contributed by atoms with Crippen molar-refractivity contribution in [3.8, 4) is 5.75 Å². The highest BCUT2D eigenvalue weighted by Gasteiger charge is 2.44. The molecule has 3 rings (SSSR count). The van der Waals surface area contributed by atoms with E-state index in [0.29, 0.717) is 19.6 Å². The smallest absolute Gasteiger partial charge is 0.348 e. The first-order chi connectivity index (χ1) is 11.5. The number of carbonyl (C=O) groups is 1. The van der Waals surface area contributed by atoms with Crippen molar-refractivity contribution in [1.29, 1.82) is 0 Å². The average Bonchev–Trinajstić information content (AvgIpc) is 3.06. The zero-order valence-corrected chi connectivity index (χ0v) is 15.9. The number of imidazole rings is 1. The van der Waals surface area contributed by atoms with E-state index in [0.717, 1.165) is 11.4 Å². The molecule has 0 atom stereocenters. The standard InChI is InChI=1S/C17H20FN3O3.2ClH/c1-12-2-3-13(18)14(10-12)24-17(16(22)23)4-8-21(9-5-17)11-15-19-6-7-20-15;;/h2-3,6-7,10H,4-5,8-9,11H2,1H3,(H,19,20)(H,22,23);2*1H. The lowest BCUT2D eigenvalue weighted by Gasteiger charge is -2.38. The lowest BCUT2D eigenvalue weighted by Crippen LogP contribution is -2.53. The fourth-order valence-corrected chi connectivity index (χ4v) is 2.93. The van der Waals surface area contributed by atoms with Crippen LogP contribution in [0.1, 0.15) is 24.2 Å². The molecule has 1 aromatic heterocycles. The molecule has 0 amide bonds. The van der Waals surface area contributed by atoms with Crippen LogP contribution in [0.5, 0.6) is 5.75 Å². The molecule has 0 spiro atoms. The quantitative estimate of drug-likeness (QED) is 0.798. The van der Waals surface area contributed by atoms with Gasteiger partial charge in [0, 0.05) is 38.3 Å². The van der Waals surface area contributed by atoms with Gasteiger partial charge in [0.1, 0.15) is 5.82 Å². The molecule has 2 heterocycles. The van der Waals surface area contributed by atoms with Crippen LogP contribution in [0.25, 0.3) is 0 Å². The Bertz CT molecular complexity index is 720. The molecule has 0 saturated carbocycles. The van der Waals surface area contributed by atoms with Gasteiger partial charge in [0.25, 0.3) is 0 Å². The van der Waals surface area contributed by atoms with Gasteiger partial charge in [0.2, 0.25) is 5.60 Å². The molecule has 0 bridgehead atoms. The second-order valence-electron chi connectivity index (χ2n) is 6.15. The van der Waals surface area contributed by atoms with Gasteiger partial charge in [-0.15, -0.1) is 24.8 Å². The SMILES string of the molecule is Cc1ccc(F)c(OC2(C(=O)O)CCN(Cc3ncc[nH]3)CC2)c1.Cl.Cl. The molecule has 0 radical (unpaired) electrons. The molecule has 144 valence electrons. The Morgan fingerprint density at radius 1 is 1.38 bits per heavy atom. The third-order valence-corrected chi connectivity index (χ3v) is 4.37. The van der Waals surface area contributed by atoms with Crippen LogP contribution >= 0.6 is 24.8 Å². The number of hydrogen-bond acceptors (Lipinski definition) is 4. The molecule has 1 aliphatic heterocycles. The van der Waals surface area contributed by atoms with Crippen molar-refractivity contribution in [1.82, 2.24) is 14.9 Å². The number of rotatable bonds is 5. The van der Waals surface area contributed by atoms with Crippen LogP contribution in [0.15, 0.2) is 30.6 Å². The third-order valence-electron chi connectivity index (χ3n) is 4.37. The van der Waals surface area contributed by atoms with Crippen molar-refractivity contribution < 1.29 is 19.0 Å². The van der Waals surface area contributed by atoms with Gasteiger partial charge in [0.15, 0.2) is 11.6 Å². The van der Waals surface area contributed by atoms with E-state index in [-0.39, 0.29) is 43.4 Å². The summed E-state index contributed by atoms with van der Waals surface area (Å²) < 4.78 is 19.6. The van der Waals surface area contributed by atoms with Crippen LogP contribution in [0.4, 0.5) is 4.39 Å². The number of halogens is 3. The number of likely N-dealkylation sites (tertiary alicyclic amines) is 1. The maximum absolute atomic E-state index is 13.9. The van der Waals surface area contributed by atoms with Crippen LogP contribution in [0.2, 0.25) is 0 Å². The average molecular weight is 406 g/mol. The van der Waals surface area contributed by atoms with E-state index in [4.69, 9.17) is 4.74 Å². The van der Waals surface area contributed by atoms with Crippen molar-refractivity contribution in [2.24, 2.45) is 0 Å². The molecule has 9 heteroatoms. The van der Waals surface area contributed by atoms with Crippen molar-refractivity contribution in [2.45, 2.75) is 31.9 Å². The van der Waals surface area contributed by atoms with Crippen LogP contribution in [0.3, 0.4) is 0 Å². The number of hydrogen-bond donors (Lipinski definition) is 2. The number of piperidine rings is 1. The zero-order chi connectivity index (χ0) is 17.2. The van der Waals surface area contributed by atoms with Gasteiger partial charge in [-0.3, -0.25) is 4.90 Å². The van der Waals surface area contributed by atoms with Gasteiger partial charge in [-0.1, -0.05) is 6.07 Å². The summed E-state index contributed by atoms with van der Waals surface area (Å²) in [5, 5.41) is 9.67. The van der Waals surface area contributed by atoms with E-state index in [1.165, 1.54) is 12.1 Å². The number of aromatic nitrogens is 2. The minimum atomic E-state index is -1.39. The number of ether oxygens (including phenoxy) is 1. The lowest BCUT2D eigenvalue weighted by atomic mass is 9.91. The van der Waals surface area contributed by atoms with Crippen molar-refractivity contribution in [2.75, 3.05) is 13.1 Å². The number of benzene rings is 1. The van der Waals surface area contributed by atoms with E-state index < -0.39 is 17.4 Å². The van der Waals surface area contributed by atoms with Crippen molar-refractivity contribution in [3.05, 3.63) is 47.8 Å². The summed E-state index contributed by atoms with van der Waals surface area (Å²) in [4.78, 5) is 21.1. The number of nitrogens with zero attached hydrogens (tertiary/aromatic N) is 2. The number of aliphatic carboxylic acids is 1. The highest BCUT2D eigenvalue weighted by atomic mass is 35.5. The number of aryl methyl sites for hydroxylation is 1. The molecule has 1 fully saturated rings. The molecule has 1 saturated heterocycles. The largest absolute Gasteiger partial charge is 0.478 e. The van der Waals surface area contributed by atoms with Crippen LogP contribution in [-0.2, 0) is 11.3 Å². The fraction of sp³-hybridized carbons (Fsp3) is 0.412. The van der Waals surface area contributed by atoms with Gasteiger partial charge in [-0.2, -0.15) is 0 Å². The molecular formula is C17H22Cl2FN3O3. The Balaban J connectivity index is 0.00000169. The van der Waals surface area contributed by atoms with Gasteiger partial charge in [-0.25, -0.2) is 14.2 Å². The van der Waals surface area contributed by atoms with E-state index in [2.05, 4.69) is 14.9 Å². The Kier molecular flexibility index (Phi) is 7.87. The maximum Gasteiger partial charge on any atom is 0.348 e. The van der Waals surface area contributed by atoms with Gasteiger partial charge >= 0.3 is 5.97 Å². The summed E-state index contributed by atoms with van der Waals surface area (Å²) in [6, 6.07) is 4.46. The lowest BCUT2D eigenvalue weighted by molar-refractivity contribution is -0.160. The molecule has 0 unspecified atom stereocenters. The van der Waals surface area contributed by atoms with Gasteiger partial charge in [-0.05, 0) is 24.6 Å². The summed E-state index contributed by atoms with van der Waals surface area (Å²) in [7, 11) is 0. The molecule has 0 aliphatic carbocycles. The van der Waals surface area contributed by atoms with Crippen LogP contribution < -0.4 is 4.74 Å². The monoisotopic (exact) mass is 405 g/mol. The second-order valence-corrected chi connectivity index (χ2v) is 6.15. The zero-order valence-electron chi connectivity index (χ0n) is 14.3. The molecule has 2 N–H and O–H groups in total. The van der Waals surface area contributed by atoms with Crippen molar-refractivity contribution in [3.63, 3.8) is 0 Å². The first-order valence-electron chi connectivity index (χ1n) is 7.88. The van der Waals surface area contributed by atoms with Crippen LogP contribution in [-0.4, -0.2) is 44.6 Å². The Morgan fingerprint density at radius 2 is 2.08 bits per heavy atom. The fourth-order valence-electron chi connectivity index (χ4n) is 2.93. The molecule has 26 heavy (non-hydrogen) atoms. The van der Waals surface area contributed by atoms with E-state index in [9.17, 15) is 14.3 Å². The summed E-state index contributed by atoms with van der Waals surface area (Å²) in [5.41, 5.74) is -0.573. The summed E-state index contributed by atoms with van der Waals surface area (Å²) in [5.74, 6) is -0.763. The number of nitrogens with one attached hydrogen (secondary N) is 1. The Morgan fingerprint density at radius 3 is 2.65 bits per heavy atom. The molecule has 1 aliphatic rings. The molecule has 1 aromatic carbocycles. The first kappa shape index (κ1) is 22.2. The summed E-state index contributed by atoms with van der Waals surface area (Å²) in [6.45, 7) is 3.52. The predicted molar refractivity (Wildman–Crippen MR) is 99.7 cm³/mol. The van der Waals surface area contributed by atoms with Crippen molar-refractivity contribution >= 4 is 30.8 Å². The number of aromatic amines is 1. The minimum absolute atomic E-state index is 0.